The van der Waals surface area contributed by atoms with Gasteiger partial charge in [0.2, 0.25) is 5.91 Å². The van der Waals surface area contributed by atoms with Crippen LogP contribution in [0.1, 0.15) is 37.1 Å². The highest BCUT2D eigenvalue weighted by Crippen LogP contribution is 2.46. The van der Waals surface area contributed by atoms with Crippen molar-refractivity contribution in [3.05, 3.63) is 54.3 Å². The molecule has 2 fully saturated rings. The second kappa shape index (κ2) is 10.3. The van der Waals surface area contributed by atoms with Gasteiger partial charge in [-0.05, 0) is 45.0 Å². The monoisotopic (exact) mass is 506 g/mol. The number of anilines is 1. The Balaban J connectivity index is 0.000000412. The van der Waals surface area contributed by atoms with Crippen LogP contribution in [0.2, 0.25) is 0 Å². The van der Waals surface area contributed by atoms with Crippen LogP contribution in [0.5, 0.6) is 5.75 Å². The normalized spacial score (nSPS) is 18.6. The molecule has 6 rings (SSSR count). The van der Waals surface area contributed by atoms with E-state index in [1.807, 2.05) is 6.92 Å². The number of methoxy groups -OCH3 is 1. The fraction of sp³-hybridized carbons (Fsp3) is 0.423. The average Bonchev–Trinajstić information content (AvgIpc) is 3.43. The first kappa shape index (κ1) is 24.8. The van der Waals surface area contributed by atoms with Crippen molar-refractivity contribution < 1.29 is 13.9 Å². The first-order chi connectivity index (χ1) is 17.9. The van der Waals surface area contributed by atoms with Gasteiger partial charge in [-0.25, -0.2) is 19.3 Å². The molecule has 2 aliphatic rings. The average molecular weight is 507 g/mol. The SMILES string of the molecule is CCN1CCC1.COc1cnn(C)c1-c1cn2cc(NC(=O)C3CC3c3ncc(C)cn3)nc2cc1F. The van der Waals surface area contributed by atoms with Crippen molar-refractivity contribution in [2.24, 2.45) is 13.0 Å². The van der Waals surface area contributed by atoms with Crippen LogP contribution in [0.25, 0.3) is 16.9 Å². The lowest BCUT2D eigenvalue weighted by Gasteiger charge is -2.28. The summed E-state index contributed by atoms with van der Waals surface area (Å²) in [6, 6.07) is 1.32. The van der Waals surface area contributed by atoms with Crippen LogP contribution in [-0.4, -0.2) is 66.7 Å². The molecule has 2 unspecified atom stereocenters. The van der Waals surface area contributed by atoms with Gasteiger partial charge in [0.05, 0.1) is 25.1 Å². The molecule has 4 aromatic rings. The molecule has 37 heavy (non-hydrogen) atoms. The molecule has 1 aliphatic carbocycles. The number of rotatable bonds is 6. The number of ether oxygens (including phenoxy) is 1. The van der Waals surface area contributed by atoms with Gasteiger partial charge in [-0.1, -0.05) is 6.92 Å². The lowest BCUT2D eigenvalue weighted by atomic mass is 10.2. The quantitative estimate of drug-likeness (QED) is 0.427. The van der Waals surface area contributed by atoms with E-state index in [2.05, 4.69) is 37.2 Å². The Morgan fingerprint density at radius 2 is 1.97 bits per heavy atom. The number of nitrogens with one attached hydrogen (secondary N) is 1. The third-order valence-electron chi connectivity index (χ3n) is 6.83. The van der Waals surface area contributed by atoms with Crippen molar-refractivity contribution in [2.75, 3.05) is 32.1 Å². The number of aryl methyl sites for hydroxylation is 2. The van der Waals surface area contributed by atoms with Gasteiger partial charge in [0.25, 0.3) is 0 Å². The number of hydrogen-bond acceptors (Lipinski definition) is 7. The lowest BCUT2D eigenvalue weighted by Crippen LogP contribution is -2.36. The zero-order valence-corrected chi connectivity index (χ0v) is 21.5. The number of hydrogen-bond donors (Lipinski definition) is 1. The summed E-state index contributed by atoms with van der Waals surface area (Å²) in [5, 5.41) is 6.95. The zero-order chi connectivity index (χ0) is 26.1. The number of likely N-dealkylation sites (tertiary alicyclic amines) is 1. The summed E-state index contributed by atoms with van der Waals surface area (Å²) < 4.78 is 23.3. The minimum Gasteiger partial charge on any atom is -0.493 e. The summed E-state index contributed by atoms with van der Waals surface area (Å²) in [5.74, 6) is 0.708. The van der Waals surface area contributed by atoms with Crippen LogP contribution >= 0.6 is 0 Å². The Labute approximate surface area is 214 Å². The van der Waals surface area contributed by atoms with Crippen molar-refractivity contribution in [3.8, 4) is 17.0 Å². The number of nitrogens with zero attached hydrogens (tertiary/aromatic N) is 7. The maximum atomic E-state index is 14.8. The summed E-state index contributed by atoms with van der Waals surface area (Å²) in [6.45, 7) is 8.06. The van der Waals surface area contributed by atoms with E-state index >= 15 is 0 Å². The molecule has 1 saturated carbocycles. The predicted octanol–water partition coefficient (Wildman–Crippen LogP) is 3.44. The summed E-state index contributed by atoms with van der Waals surface area (Å²) in [4.78, 5) is 28.0. The predicted molar refractivity (Wildman–Crippen MR) is 137 cm³/mol. The van der Waals surface area contributed by atoms with E-state index < -0.39 is 5.82 Å². The molecule has 10 nitrogen and oxygen atoms in total. The van der Waals surface area contributed by atoms with Crippen molar-refractivity contribution in [3.63, 3.8) is 0 Å². The van der Waals surface area contributed by atoms with Gasteiger partial charge >= 0.3 is 0 Å². The Morgan fingerprint density at radius 1 is 1.22 bits per heavy atom. The van der Waals surface area contributed by atoms with Crippen LogP contribution in [0.4, 0.5) is 10.2 Å². The molecule has 5 heterocycles. The number of aromatic nitrogens is 6. The number of carbonyl (C=O) groups excluding carboxylic acids is 1. The third kappa shape index (κ3) is 5.17. The molecule has 0 radical (unpaired) electrons. The fourth-order valence-electron chi connectivity index (χ4n) is 4.40. The second-order valence-electron chi connectivity index (χ2n) is 9.46. The van der Waals surface area contributed by atoms with E-state index in [0.717, 1.165) is 5.56 Å². The highest BCUT2D eigenvalue weighted by Gasteiger charge is 2.46. The van der Waals surface area contributed by atoms with Crippen LogP contribution in [-0.2, 0) is 11.8 Å². The fourth-order valence-corrected chi connectivity index (χ4v) is 4.40. The molecule has 1 aliphatic heterocycles. The van der Waals surface area contributed by atoms with Crippen LogP contribution in [0.15, 0.2) is 37.1 Å². The maximum Gasteiger partial charge on any atom is 0.229 e. The Kier molecular flexibility index (Phi) is 6.88. The minimum absolute atomic E-state index is 0.0129. The number of amides is 1. The zero-order valence-electron chi connectivity index (χ0n) is 21.5. The van der Waals surface area contributed by atoms with Gasteiger partial charge in [-0.15, -0.1) is 0 Å². The highest BCUT2D eigenvalue weighted by atomic mass is 19.1. The number of carbonyl (C=O) groups is 1. The number of imidazole rings is 1. The van der Waals surface area contributed by atoms with Gasteiger partial charge in [0.15, 0.2) is 11.6 Å². The highest BCUT2D eigenvalue weighted by molar-refractivity contribution is 5.94. The molecule has 2 atom stereocenters. The van der Waals surface area contributed by atoms with Gasteiger partial charge < -0.3 is 19.4 Å². The molecular formula is C26H31FN8O2. The molecule has 0 bridgehead atoms. The van der Waals surface area contributed by atoms with E-state index in [1.54, 1.807) is 40.9 Å². The van der Waals surface area contributed by atoms with E-state index in [4.69, 9.17) is 4.74 Å². The molecule has 1 N–H and O–H groups in total. The first-order valence-electron chi connectivity index (χ1n) is 12.4. The van der Waals surface area contributed by atoms with E-state index in [9.17, 15) is 9.18 Å². The maximum absolute atomic E-state index is 14.8. The number of fused-ring (bicyclic) bond motifs is 1. The minimum atomic E-state index is -0.461. The summed E-state index contributed by atoms with van der Waals surface area (Å²) >= 11 is 0. The molecule has 1 amide bonds. The lowest BCUT2D eigenvalue weighted by molar-refractivity contribution is -0.117. The van der Waals surface area contributed by atoms with Crippen LogP contribution in [0, 0.1) is 18.7 Å². The largest absolute Gasteiger partial charge is 0.493 e. The molecule has 0 spiro atoms. The Morgan fingerprint density at radius 3 is 2.59 bits per heavy atom. The topological polar surface area (TPSA) is 102 Å². The van der Waals surface area contributed by atoms with Gasteiger partial charge in [0, 0.05) is 43.5 Å². The summed E-state index contributed by atoms with van der Waals surface area (Å²) in [5.41, 5.74) is 2.19. The van der Waals surface area contributed by atoms with Gasteiger partial charge in [0.1, 0.15) is 23.0 Å². The number of halogens is 1. The molecular weight excluding hydrogens is 475 g/mol. The van der Waals surface area contributed by atoms with Crippen molar-refractivity contribution >= 4 is 17.4 Å². The summed E-state index contributed by atoms with van der Waals surface area (Å²) in [7, 11) is 3.22. The smallest absolute Gasteiger partial charge is 0.229 e. The molecule has 4 aromatic heterocycles. The van der Waals surface area contributed by atoms with E-state index in [-0.39, 0.29) is 17.7 Å². The Hall–Kier alpha value is -3.86. The summed E-state index contributed by atoms with van der Waals surface area (Å²) in [6.07, 6.45) is 10.4. The first-order valence-corrected chi connectivity index (χ1v) is 12.4. The number of pyridine rings is 1. The van der Waals surface area contributed by atoms with Gasteiger partial charge in [-0.2, -0.15) is 5.10 Å². The van der Waals surface area contributed by atoms with Crippen molar-refractivity contribution in [2.45, 2.75) is 32.6 Å². The molecule has 0 aromatic carbocycles. The Bertz CT molecular complexity index is 1410. The van der Waals surface area contributed by atoms with Crippen molar-refractivity contribution in [1.29, 1.82) is 0 Å². The van der Waals surface area contributed by atoms with Gasteiger partial charge in [-0.3, -0.25) is 9.48 Å². The molecule has 1 saturated heterocycles. The molecule has 11 heteroatoms. The van der Waals surface area contributed by atoms with E-state index in [1.165, 1.54) is 45.4 Å². The van der Waals surface area contributed by atoms with E-state index in [0.29, 0.717) is 40.7 Å². The molecule has 194 valence electrons. The van der Waals surface area contributed by atoms with Crippen molar-refractivity contribution in [1.82, 2.24) is 34.0 Å². The second-order valence-corrected chi connectivity index (χ2v) is 9.46. The van der Waals surface area contributed by atoms with Crippen LogP contribution in [0.3, 0.4) is 0 Å². The van der Waals surface area contributed by atoms with Crippen LogP contribution < -0.4 is 10.1 Å². The standard InChI is InChI=1S/C21H20FN7O2.C5H11N/c1-11-6-23-20(24-7-11)12-4-13(12)21(30)27-17-10-29-9-14(15(22)5-18(29)26-17)19-16(31-3)8-25-28(19)2;1-2-6-4-3-5-6/h5-10,12-13H,4H2,1-3H3,(H,27,30);2-5H2,1H3. The third-order valence-corrected chi connectivity index (χ3v) is 6.83.